The molecule has 1 aromatic heterocycles. The van der Waals surface area contributed by atoms with Crippen LogP contribution in [0.2, 0.25) is 0 Å². The first kappa shape index (κ1) is 17.0. The number of aromatic nitrogens is 2. The van der Waals surface area contributed by atoms with Crippen molar-refractivity contribution in [1.29, 1.82) is 0 Å². The van der Waals surface area contributed by atoms with Crippen LogP contribution in [0.1, 0.15) is 19.4 Å². The molecule has 4 heteroatoms. The van der Waals surface area contributed by atoms with Crippen LogP contribution in [0.3, 0.4) is 0 Å². The molecule has 128 valence electrons. The van der Waals surface area contributed by atoms with Gasteiger partial charge >= 0.3 is 6.01 Å². The zero-order valence-electron chi connectivity index (χ0n) is 15.0. The van der Waals surface area contributed by atoms with Crippen LogP contribution in [0.5, 0.6) is 11.8 Å². The topological polar surface area (TPSA) is 44.2 Å². The predicted molar refractivity (Wildman–Crippen MR) is 100.0 cm³/mol. The van der Waals surface area contributed by atoms with Gasteiger partial charge in [-0.2, -0.15) is 9.97 Å². The van der Waals surface area contributed by atoms with Gasteiger partial charge in [-0.05, 0) is 51.1 Å². The summed E-state index contributed by atoms with van der Waals surface area (Å²) in [6, 6.07) is 18.5. The third-order valence-electron chi connectivity index (χ3n) is 3.78. The summed E-state index contributed by atoms with van der Waals surface area (Å²) in [5, 5.41) is 0. The van der Waals surface area contributed by atoms with Crippen LogP contribution in [0.25, 0.3) is 22.5 Å². The van der Waals surface area contributed by atoms with Gasteiger partial charge < -0.3 is 9.47 Å². The average Bonchev–Trinajstić information content (AvgIpc) is 2.61. The highest BCUT2D eigenvalue weighted by Gasteiger charge is 2.11. The Morgan fingerprint density at radius 1 is 0.800 bits per heavy atom. The fourth-order valence-corrected chi connectivity index (χ4v) is 2.47. The van der Waals surface area contributed by atoms with Crippen molar-refractivity contribution in [3.8, 4) is 34.3 Å². The first-order valence-electron chi connectivity index (χ1n) is 8.32. The molecule has 0 radical (unpaired) electrons. The molecule has 0 aliphatic rings. The van der Waals surface area contributed by atoms with E-state index in [1.165, 1.54) is 5.56 Å². The van der Waals surface area contributed by atoms with Gasteiger partial charge in [0, 0.05) is 11.1 Å². The highest BCUT2D eigenvalue weighted by molar-refractivity contribution is 5.68. The zero-order chi connectivity index (χ0) is 17.8. The Morgan fingerprint density at radius 3 is 1.80 bits per heavy atom. The second-order valence-electron chi connectivity index (χ2n) is 6.18. The molecule has 0 spiro atoms. The zero-order valence-corrected chi connectivity index (χ0v) is 15.0. The molecule has 25 heavy (non-hydrogen) atoms. The lowest BCUT2D eigenvalue weighted by Gasteiger charge is -2.12. The van der Waals surface area contributed by atoms with Crippen LogP contribution in [-0.2, 0) is 0 Å². The number of aryl methyl sites for hydroxylation is 1. The van der Waals surface area contributed by atoms with Crippen LogP contribution in [0.4, 0.5) is 0 Å². The number of ether oxygens (including phenoxy) is 2. The Hall–Kier alpha value is -2.88. The van der Waals surface area contributed by atoms with Gasteiger partial charge in [-0.1, -0.05) is 29.8 Å². The van der Waals surface area contributed by atoms with Crippen LogP contribution < -0.4 is 9.47 Å². The summed E-state index contributed by atoms with van der Waals surface area (Å²) in [4.78, 5) is 9.14. The second kappa shape index (κ2) is 7.34. The standard InChI is InChI=1S/C21H22N2O2/c1-14(2)25-21-22-19(16-7-5-15(3)6-8-16)13-20(23-21)17-9-11-18(24-4)12-10-17/h5-14H,1-4H3. The molecule has 0 bridgehead atoms. The molecular weight excluding hydrogens is 312 g/mol. The molecule has 0 N–H and O–H groups in total. The summed E-state index contributed by atoms with van der Waals surface area (Å²) < 4.78 is 11.0. The minimum atomic E-state index is 0.0111. The van der Waals surface area contributed by atoms with Gasteiger partial charge in [-0.25, -0.2) is 0 Å². The quantitative estimate of drug-likeness (QED) is 0.664. The molecule has 3 aromatic rings. The first-order valence-corrected chi connectivity index (χ1v) is 8.32. The van der Waals surface area contributed by atoms with Crippen LogP contribution in [0, 0.1) is 6.92 Å². The van der Waals surface area contributed by atoms with Crippen molar-refractivity contribution in [2.24, 2.45) is 0 Å². The van der Waals surface area contributed by atoms with Crippen molar-refractivity contribution in [3.05, 3.63) is 60.2 Å². The highest BCUT2D eigenvalue weighted by Crippen LogP contribution is 2.27. The fourth-order valence-electron chi connectivity index (χ4n) is 2.47. The molecule has 0 atom stereocenters. The highest BCUT2D eigenvalue weighted by atomic mass is 16.5. The van der Waals surface area contributed by atoms with E-state index in [-0.39, 0.29) is 6.10 Å². The Labute approximate surface area is 148 Å². The minimum absolute atomic E-state index is 0.0111. The van der Waals surface area contributed by atoms with E-state index in [4.69, 9.17) is 9.47 Å². The van der Waals surface area contributed by atoms with Crippen molar-refractivity contribution in [2.45, 2.75) is 26.9 Å². The lowest BCUT2D eigenvalue weighted by atomic mass is 10.1. The Bertz CT molecular complexity index is 841. The van der Waals surface area contributed by atoms with E-state index in [9.17, 15) is 0 Å². The molecular formula is C21H22N2O2. The normalized spacial score (nSPS) is 10.8. The van der Waals surface area contributed by atoms with Crippen molar-refractivity contribution in [2.75, 3.05) is 7.11 Å². The maximum Gasteiger partial charge on any atom is 0.317 e. The van der Waals surface area contributed by atoms with Crippen LogP contribution in [0.15, 0.2) is 54.6 Å². The maximum atomic E-state index is 5.76. The summed E-state index contributed by atoms with van der Waals surface area (Å²) >= 11 is 0. The minimum Gasteiger partial charge on any atom is -0.497 e. The van der Waals surface area contributed by atoms with Crippen molar-refractivity contribution < 1.29 is 9.47 Å². The number of hydrogen-bond acceptors (Lipinski definition) is 4. The van der Waals surface area contributed by atoms with Gasteiger partial charge in [0.15, 0.2) is 0 Å². The van der Waals surface area contributed by atoms with E-state index in [1.807, 2.05) is 44.2 Å². The third-order valence-corrected chi connectivity index (χ3v) is 3.78. The molecule has 0 saturated heterocycles. The molecule has 0 fully saturated rings. The lowest BCUT2D eigenvalue weighted by molar-refractivity contribution is 0.222. The van der Waals surface area contributed by atoms with E-state index >= 15 is 0 Å². The summed E-state index contributed by atoms with van der Waals surface area (Å²) in [7, 11) is 1.66. The molecule has 0 aliphatic carbocycles. The summed E-state index contributed by atoms with van der Waals surface area (Å²) in [5.41, 5.74) is 4.91. The number of nitrogens with zero attached hydrogens (tertiary/aromatic N) is 2. The predicted octanol–water partition coefficient (Wildman–Crippen LogP) is 4.91. The van der Waals surface area contributed by atoms with E-state index in [1.54, 1.807) is 7.11 Å². The molecule has 0 saturated carbocycles. The Balaban J connectivity index is 2.06. The Kier molecular flexibility index (Phi) is 4.98. The third kappa shape index (κ3) is 4.15. The lowest BCUT2D eigenvalue weighted by Crippen LogP contribution is -2.09. The van der Waals surface area contributed by atoms with Gasteiger partial charge in [-0.15, -0.1) is 0 Å². The maximum absolute atomic E-state index is 5.76. The van der Waals surface area contributed by atoms with Gasteiger partial charge in [0.25, 0.3) is 0 Å². The van der Waals surface area contributed by atoms with Gasteiger partial charge in [0.05, 0.1) is 24.6 Å². The molecule has 0 aliphatic heterocycles. The summed E-state index contributed by atoms with van der Waals surface area (Å²) in [5.74, 6) is 0.815. The summed E-state index contributed by atoms with van der Waals surface area (Å²) in [6.45, 7) is 6.00. The Morgan fingerprint density at radius 2 is 1.32 bits per heavy atom. The summed E-state index contributed by atoms with van der Waals surface area (Å²) in [6.07, 6.45) is 0.0111. The number of hydrogen-bond donors (Lipinski definition) is 0. The van der Waals surface area contributed by atoms with Crippen LogP contribution in [-0.4, -0.2) is 23.2 Å². The van der Waals surface area contributed by atoms with Gasteiger partial charge in [0.2, 0.25) is 0 Å². The van der Waals surface area contributed by atoms with E-state index in [0.29, 0.717) is 6.01 Å². The molecule has 4 nitrogen and oxygen atoms in total. The van der Waals surface area contributed by atoms with Crippen LogP contribution >= 0.6 is 0 Å². The van der Waals surface area contributed by atoms with E-state index < -0.39 is 0 Å². The van der Waals surface area contributed by atoms with Crippen molar-refractivity contribution >= 4 is 0 Å². The SMILES string of the molecule is COc1ccc(-c2cc(-c3ccc(C)cc3)nc(OC(C)C)n2)cc1. The number of benzene rings is 2. The van der Waals surface area contributed by atoms with Gasteiger partial charge in [0.1, 0.15) is 5.75 Å². The molecule has 1 heterocycles. The van der Waals surface area contributed by atoms with E-state index in [0.717, 1.165) is 28.3 Å². The van der Waals surface area contributed by atoms with Gasteiger partial charge in [-0.3, -0.25) is 0 Å². The number of methoxy groups -OCH3 is 1. The molecule has 0 amide bonds. The molecule has 2 aromatic carbocycles. The first-order chi connectivity index (χ1) is 12.0. The largest absolute Gasteiger partial charge is 0.497 e. The van der Waals surface area contributed by atoms with E-state index in [2.05, 4.69) is 41.2 Å². The van der Waals surface area contributed by atoms with Crippen molar-refractivity contribution in [3.63, 3.8) is 0 Å². The molecule has 0 unspecified atom stereocenters. The monoisotopic (exact) mass is 334 g/mol. The fraction of sp³-hybridized carbons (Fsp3) is 0.238. The average molecular weight is 334 g/mol. The second-order valence-corrected chi connectivity index (χ2v) is 6.18. The molecule has 3 rings (SSSR count). The smallest absolute Gasteiger partial charge is 0.317 e. The number of rotatable bonds is 5. The van der Waals surface area contributed by atoms with Crippen molar-refractivity contribution in [1.82, 2.24) is 9.97 Å².